The Labute approximate surface area is 180 Å². The Bertz CT molecular complexity index is 1030. The molecule has 2 heterocycles. The molecule has 0 bridgehead atoms. The van der Waals surface area contributed by atoms with Crippen LogP contribution in [0.3, 0.4) is 0 Å². The van der Waals surface area contributed by atoms with E-state index < -0.39 is 29.7 Å². The van der Waals surface area contributed by atoms with E-state index in [1.54, 1.807) is 24.5 Å². The normalized spacial score (nSPS) is 18.0. The molecule has 2 aromatic carbocycles. The topological polar surface area (TPSA) is 87.6 Å². The van der Waals surface area contributed by atoms with Crippen molar-refractivity contribution in [3.63, 3.8) is 0 Å². The number of hydrogen-bond acceptors (Lipinski definition) is 4. The molecule has 0 spiro atoms. The summed E-state index contributed by atoms with van der Waals surface area (Å²) in [6.45, 7) is 0. The van der Waals surface area contributed by atoms with Gasteiger partial charge in [0.15, 0.2) is 0 Å². The molecule has 1 aliphatic heterocycles. The van der Waals surface area contributed by atoms with E-state index in [2.05, 4.69) is 4.98 Å². The predicted molar refractivity (Wildman–Crippen MR) is 114 cm³/mol. The van der Waals surface area contributed by atoms with E-state index in [1.165, 1.54) is 0 Å². The fourth-order valence-corrected chi connectivity index (χ4v) is 4.15. The summed E-state index contributed by atoms with van der Waals surface area (Å²) in [7, 11) is 0. The molecule has 4 rings (SSSR count). The molecule has 1 aromatic heterocycles. The Hall–Kier alpha value is -3.80. The third kappa shape index (κ3) is 4.23. The molecule has 0 aliphatic carbocycles. The molecule has 6 heteroatoms. The number of β-lactam (4-membered cyclic amide) rings is 1. The van der Waals surface area contributed by atoms with Crippen LogP contribution in [0.1, 0.15) is 29.0 Å². The molecule has 0 unspecified atom stereocenters. The van der Waals surface area contributed by atoms with E-state index in [0.717, 1.165) is 21.6 Å². The second kappa shape index (κ2) is 8.92. The molecule has 31 heavy (non-hydrogen) atoms. The summed E-state index contributed by atoms with van der Waals surface area (Å²) < 4.78 is 0. The first-order valence-electron chi connectivity index (χ1n) is 10.1. The number of pyridine rings is 1. The SMILES string of the molecule is O=C(O)[C@@H]1[C@@H](Cc2ccncc2)C(=O)N1C(=O)CC(c1ccccc1)c1ccccc1. The average molecular weight is 414 g/mol. The number of nitrogens with zero attached hydrogens (tertiary/aromatic N) is 2. The molecule has 3 aromatic rings. The Kier molecular flexibility index (Phi) is 5.89. The lowest BCUT2D eigenvalue weighted by molar-refractivity contribution is -0.177. The molecule has 2 amide bonds. The van der Waals surface area contributed by atoms with E-state index >= 15 is 0 Å². The van der Waals surface area contributed by atoms with Crippen molar-refractivity contribution in [2.75, 3.05) is 0 Å². The second-order valence-electron chi connectivity index (χ2n) is 7.63. The van der Waals surface area contributed by atoms with Gasteiger partial charge in [0.05, 0.1) is 5.92 Å². The zero-order valence-corrected chi connectivity index (χ0v) is 16.8. The van der Waals surface area contributed by atoms with Crippen LogP contribution < -0.4 is 0 Å². The summed E-state index contributed by atoms with van der Waals surface area (Å²) in [5.74, 6) is -3.09. The first kappa shape index (κ1) is 20.5. The van der Waals surface area contributed by atoms with Crippen LogP contribution in [0.2, 0.25) is 0 Å². The first-order valence-corrected chi connectivity index (χ1v) is 10.1. The summed E-state index contributed by atoms with van der Waals surface area (Å²) >= 11 is 0. The third-order valence-electron chi connectivity index (χ3n) is 5.72. The summed E-state index contributed by atoms with van der Waals surface area (Å²) in [6, 6.07) is 21.5. The van der Waals surface area contributed by atoms with Crippen LogP contribution in [0.5, 0.6) is 0 Å². The fourth-order valence-electron chi connectivity index (χ4n) is 4.15. The van der Waals surface area contributed by atoms with Crippen molar-refractivity contribution in [2.24, 2.45) is 5.92 Å². The number of carboxylic acid groups (broad SMARTS) is 1. The van der Waals surface area contributed by atoms with Crippen LogP contribution in [0.25, 0.3) is 0 Å². The van der Waals surface area contributed by atoms with Gasteiger partial charge in [-0.3, -0.25) is 19.5 Å². The lowest BCUT2D eigenvalue weighted by atomic mass is 9.81. The van der Waals surface area contributed by atoms with E-state index in [0.29, 0.717) is 0 Å². The zero-order chi connectivity index (χ0) is 21.8. The number of benzene rings is 2. The summed E-state index contributed by atoms with van der Waals surface area (Å²) in [4.78, 5) is 42.7. The Morgan fingerprint density at radius 2 is 1.45 bits per heavy atom. The quantitative estimate of drug-likeness (QED) is 0.600. The van der Waals surface area contributed by atoms with Gasteiger partial charge in [-0.25, -0.2) is 4.79 Å². The molecule has 1 saturated heterocycles. The number of carbonyl (C=O) groups is 3. The Balaban J connectivity index is 1.56. The van der Waals surface area contributed by atoms with Gasteiger partial charge in [0.1, 0.15) is 6.04 Å². The van der Waals surface area contributed by atoms with Gasteiger partial charge < -0.3 is 5.11 Å². The van der Waals surface area contributed by atoms with Gasteiger partial charge in [0.25, 0.3) is 0 Å². The summed E-state index contributed by atoms with van der Waals surface area (Å²) in [5.41, 5.74) is 2.70. The fraction of sp³-hybridized carbons (Fsp3) is 0.200. The Morgan fingerprint density at radius 1 is 0.903 bits per heavy atom. The summed E-state index contributed by atoms with van der Waals surface area (Å²) in [6.07, 6.45) is 3.48. The van der Waals surface area contributed by atoms with Crippen LogP contribution in [-0.2, 0) is 20.8 Å². The van der Waals surface area contributed by atoms with Gasteiger partial charge in [-0.05, 0) is 35.2 Å². The predicted octanol–water partition coefficient (Wildman–Crippen LogP) is 3.28. The van der Waals surface area contributed by atoms with E-state index in [4.69, 9.17) is 0 Å². The molecule has 1 aliphatic rings. The van der Waals surface area contributed by atoms with Gasteiger partial charge in [0, 0.05) is 24.7 Å². The number of carbonyl (C=O) groups excluding carboxylic acids is 2. The number of hydrogen-bond donors (Lipinski definition) is 1. The minimum absolute atomic E-state index is 0.0194. The molecule has 156 valence electrons. The Morgan fingerprint density at radius 3 is 1.97 bits per heavy atom. The number of rotatable bonds is 7. The monoisotopic (exact) mass is 414 g/mol. The molecule has 6 nitrogen and oxygen atoms in total. The highest BCUT2D eigenvalue weighted by Gasteiger charge is 2.54. The molecule has 1 N–H and O–H groups in total. The maximum Gasteiger partial charge on any atom is 0.327 e. The van der Waals surface area contributed by atoms with Crippen LogP contribution in [0.15, 0.2) is 85.2 Å². The highest BCUT2D eigenvalue weighted by Crippen LogP contribution is 2.34. The molecule has 0 saturated carbocycles. The number of imide groups is 1. The van der Waals surface area contributed by atoms with Crippen molar-refractivity contribution < 1.29 is 19.5 Å². The van der Waals surface area contributed by atoms with Gasteiger partial charge in [-0.15, -0.1) is 0 Å². The smallest absolute Gasteiger partial charge is 0.327 e. The molecule has 2 atom stereocenters. The highest BCUT2D eigenvalue weighted by atomic mass is 16.4. The van der Waals surface area contributed by atoms with E-state index in [9.17, 15) is 19.5 Å². The average Bonchev–Trinajstić information content (AvgIpc) is 2.80. The van der Waals surface area contributed by atoms with Crippen LogP contribution >= 0.6 is 0 Å². The maximum absolute atomic E-state index is 13.1. The second-order valence-corrected chi connectivity index (χ2v) is 7.63. The minimum Gasteiger partial charge on any atom is -0.480 e. The van der Waals surface area contributed by atoms with Crippen molar-refractivity contribution >= 4 is 17.8 Å². The molecular formula is C25H22N2O4. The van der Waals surface area contributed by atoms with E-state index in [-0.39, 0.29) is 18.8 Å². The number of amides is 2. The van der Waals surface area contributed by atoms with Crippen LogP contribution in [-0.4, -0.2) is 38.8 Å². The number of carboxylic acids is 1. The van der Waals surface area contributed by atoms with Crippen molar-refractivity contribution in [1.29, 1.82) is 0 Å². The standard InChI is InChI=1S/C25H22N2O4/c28-22(16-20(18-7-3-1-4-8-18)19-9-5-2-6-10-19)27-23(25(30)31)21(24(27)29)15-17-11-13-26-14-12-17/h1-14,20-21,23H,15-16H2,(H,30,31)/t21-,23+/m1/s1. The van der Waals surface area contributed by atoms with Gasteiger partial charge in [-0.2, -0.15) is 0 Å². The van der Waals surface area contributed by atoms with Gasteiger partial charge in [-0.1, -0.05) is 60.7 Å². The van der Waals surface area contributed by atoms with Crippen molar-refractivity contribution in [3.05, 3.63) is 102 Å². The van der Waals surface area contributed by atoms with E-state index in [1.807, 2.05) is 60.7 Å². The van der Waals surface area contributed by atoms with Gasteiger partial charge in [0.2, 0.25) is 11.8 Å². The molecule has 0 radical (unpaired) electrons. The number of aromatic nitrogens is 1. The third-order valence-corrected chi connectivity index (χ3v) is 5.72. The first-order chi connectivity index (χ1) is 15.1. The van der Waals surface area contributed by atoms with Gasteiger partial charge >= 0.3 is 5.97 Å². The molecular weight excluding hydrogens is 392 g/mol. The van der Waals surface area contributed by atoms with Crippen LogP contribution in [0, 0.1) is 5.92 Å². The lowest BCUT2D eigenvalue weighted by Crippen LogP contribution is -2.66. The highest BCUT2D eigenvalue weighted by molar-refractivity contribution is 6.08. The zero-order valence-electron chi connectivity index (χ0n) is 16.8. The lowest BCUT2D eigenvalue weighted by Gasteiger charge is -2.43. The number of aliphatic carboxylic acids is 1. The molecule has 1 fully saturated rings. The van der Waals surface area contributed by atoms with Crippen molar-refractivity contribution in [3.8, 4) is 0 Å². The minimum atomic E-state index is -1.16. The van der Waals surface area contributed by atoms with Crippen molar-refractivity contribution in [2.45, 2.75) is 24.8 Å². The largest absolute Gasteiger partial charge is 0.480 e. The maximum atomic E-state index is 13.1. The van der Waals surface area contributed by atoms with Crippen molar-refractivity contribution in [1.82, 2.24) is 9.88 Å². The van der Waals surface area contributed by atoms with Crippen LogP contribution in [0.4, 0.5) is 0 Å². The number of likely N-dealkylation sites (tertiary alicyclic amines) is 1. The summed E-state index contributed by atoms with van der Waals surface area (Å²) in [5, 5.41) is 9.73.